The molecule has 0 atom stereocenters. The summed E-state index contributed by atoms with van der Waals surface area (Å²) in [6, 6.07) is 11.0. The molecule has 0 aliphatic carbocycles. The Morgan fingerprint density at radius 3 is 2.80 bits per heavy atom. The first-order valence-electron chi connectivity index (χ1n) is 6.30. The van der Waals surface area contributed by atoms with Crippen molar-refractivity contribution in [2.24, 2.45) is 0 Å². The number of benzene rings is 1. The summed E-state index contributed by atoms with van der Waals surface area (Å²) in [5.41, 5.74) is 2.96. The standard InChI is InChI=1S/C16H10FN3/c17-14-8-11(7-10-3-1-5-18-15(10)14)13-9-20-16-12(13)4-2-6-19-16/h1-9H,(H,19,20). The largest absolute Gasteiger partial charge is 0.346 e. The quantitative estimate of drug-likeness (QED) is 0.565. The summed E-state index contributed by atoms with van der Waals surface area (Å²) in [5, 5.41) is 1.77. The molecule has 3 aromatic heterocycles. The normalized spacial score (nSPS) is 11.2. The van der Waals surface area contributed by atoms with E-state index in [1.807, 2.05) is 36.5 Å². The Hall–Kier alpha value is -2.75. The SMILES string of the molecule is Fc1cc(-c2c[nH]c3ncccc23)cc2cccnc12. The number of H-pyrrole nitrogens is 1. The summed E-state index contributed by atoms with van der Waals surface area (Å²) in [7, 11) is 0. The van der Waals surface area contributed by atoms with Crippen LogP contribution in [0.25, 0.3) is 33.1 Å². The zero-order valence-electron chi connectivity index (χ0n) is 10.5. The van der Waals surface area contributed by atoms with Crippen LogP contribution in [-0.4, -0.2) is 15.0 Å². The van der Waals surface area contributed by atoms with E-state index < -0.39 is 0 Å². The Morgan fingerprint density at radius 1 is 1.00 bits per heavy atom. The second-order valence-corrected chi connectivity index (χ2v) is 4.64. The molecule has 4 aromatic rings. The van der Waals surface area contributed by atoms with E-state index in [0.717, 1.165) is 27.5 Å². The summed E-state index contributed by atoms with van der Waals surface area (Å²) in [6.45, 7) is 0. The fourth-order valence-corrected chi connectivity index (χ4v) is 2.50. The van der Waals surface area contributed by atoms with Gasteiger partial charge < -0.3 is 4.98 Å². The summed E-state index contributed by atoms with van der Waals surface area (Å²) in [4.78, 5) is 11.4. The maximum absolute atomic E-state index is 14.2. The summed E-state index contributed by atoms with van der Waals surface area (Å²) < 4.78 is 14.2. The van der Waals surface area contributed by atoms with Crippen molar-refractivity contribution in [3.05, 3.63) is 60.8 Å². The van der Waals surface area contributed by atoms with Gasteiger partial charge in [-0.2, -0.15) is 0 Å². The van der Waals surface area contributed by atoms with E-state index in [-0.39, 0.29) is 5.82 Å². The van der Waals surface area contributed by atoms with Crippen molar-refractivity contribution >= 4 is 21.9 Å². The number of hydrogen-bond acceptors (Lipinski definition) is 2. The molecule has 0 radical (unpaired) electrons. The van der Waals surface area contributed by atoms with Gasteiger partial charge in [-0.1, -0.05) is 6.07 Å². The fourth-order valence-electron chi connectivity index (χ4n) is 2.50. The van der Waals surface area contributed by atoms with Crippen LogP contribution in [0.5, 0.6) is 0 Å². The predicted molar refractivity (Wildman–Crippen MR) is 76.8 cm³/mol. The van der Waals surface area contributed by atoms with Crippen LogP contribution >= 0.6 is 0 Å². The molecule has 0 amide bonds. The minimum Gasteiger partial charge on any atom is -0.346 e. The van der Waals surface area contributed by atoms with Gasteiger partial charge in [-0.25, -0.2) is 9.37 Å². The molecule has 3 nitrogen and oxygen atoms in total. The van der Waals surface area contributed by atoms with Crippen LogP contribution in [0.3, 0.4) is 0 Å². The molecule has 4 rings (SSSR count). The Morgan fingerprint density at radius 2 is 1.85 bits per heavy atom. The highest BCUT2D eigenvalue weighted by molar-refractivity contribution is 5.96. The molecular formula is C16H10FN3. The number of aromatic amines is 1. The van der Waals surface area contributed by atoms with E-state index >= 15 is 0 Å². The third kappa shape index (κ3) is 1.58. The van der Waals surface area contributed by atoms with Crippen LogP contribution in [0.4, 0.5) is 4.39 Å². The highest BCUT2D eigenvalue weighted by atomic mass is 19.1. The van der Waals surface area contributed by atoms with E-state index in [0.29, 0.717) is 5.52 Å². The Labute approximate surface area is 114 Å². The Kier molecular flexibility index (Phi) is 2.29. The molecule has 96 valence electrons. The molecule has 0 saturated carbocycles. The van der Waals surface area contributed by atoms with Crippen molar-refractivity contribution in [3.8, 4) is 11.1 Å². The first kappa shape index (κ1) is 11.1. The van der Waals surface area contributed by atoms with Gasteiger partial charge in [0.1, 0.15) is 17.0 Å². The molecule has 0 unspecified atom stereocenters. The van der Waals surface area contributed by atoms with Gasteiger partial charge >= 0.3 is 0 Å². The third-order valence-electron chi connectivity index (χ3n) is 3.42. The average molecular weight is 263 g/mol. The number of nitrogens with one attached hydrogen (secondary N) is 1. The molecule has 3 heterocycles. The van der Waals surface area contributed by atoms with Crippen molar-refractivity contribution in [3.63, 3.8) is 0 Å². The zero-order chi connectivity index (χ0) is 13.5. The molecule has 0 aliphatic heterocycles. The third-order valence-corrected chi connectivity index (χ3v) is 3.42. The highest BCUT2D eigenvalue weighted by Gasteiger charge is 2.10. The first-order valence-corrected chi connectivity index (χ1v) is 6.30. The van der Waals surface area contributed by atoms with Crippen LogP contribution in [0.1, 0.15) is 0 Å². The number of nitrogens with zero attached hydrogens (tertiary/aromatic N) is 2. The van der Waals surface area contributed by atoms with Gasteiger partial charge in [-0.3, -0.25) is 4.98 Å². The van der Waals surface area contributed by atoms with Gasteiger partial charge in [0.05, 0.1) is 0 Å². The van der Waals surface area contributed by atoms with E-state index in [1.165, 1.54) is 6.07 Å². The van der Waals surface area contributed by atoms with Gasteiger partial charge in [0.15, 0.2) is 0 Å². The molecule has 1 aromatic carbocycles. The van der Waals surface area contributed by atoms with Crippen LogP contribution in [0.15, 0.2) is 55.0 Å². The molecule has 1 N–H and O–H groups in total. The van der Waals surface area contributed by atoms with Gasteiger partial charge in [0, 0.05) is 34.9 Å². The topological polar surface area (TPSA) is 41.6 Å². The lowest BCUT2D eigenvalue weighted by Gasteiger charge is -2.04. The van der Waals surface area contributed by atoms with Crippen LogP contribution in [0.2, 0.25) is 0 Å². The molecule has 0 fully saturated rings. The molecule has 0 bridgehead atoms. The Balaban J connectivity index is 2.03. The van der Waals surface area contributed by atoms with Crippen LogP contribution < -0.4 is 0 Å². The molecular weight excluding hydrogens is 253 g/mol. The van der Waals surface area contributed by atoms with Crippen LogP contribution in [-0.2, 0) is 0 Å². The van der Waals surface area contributed by atoms with E-state index in [4.69, 9.17) is 0 Å². The molecule has 0 saturated heterocycles. The smallest absolute Gasteiger partial charge is 0.150 e. The lowest BCUT2D eigenvalue weighted by Crippen LogP contribution is -1.86. The van der Waals surface area contributed by atoms with E-state index in [2.05, 4.69) is 15.0 Å². The van der Waals surface area contributed by atoms with Crippen LogP contribution in [0, 0.1) is 5.82 Å². The van der Waals surface area contributed by atoms with Crippen molar-refractivity contribution in [1.29, 1.82) is 0 Å². The Bertz CT molecular complexity index is 927. The van der Waals surface area contributed by atoms with Crippen molar-refractivity contribution in [2.45, 2.75) is 0 Å². The zero-order valence-corrected chi connectivity index (χ0v) is 10.5. The maximum atomic E-state index is 14.2. The monoisotopic (exact) mass is 263 g/mol. The van der Waals surface area contributed by atoms with Gasteiger partial charge in [-0.05, 0) is 35.9 Å². The number of pyridine rings is 2. The second-order valence-electron chi connectivity index (χ2n) is 4.64. The number of rotatable bonds is 1. The van der Waals surface area contributed by atoms with Gasteiger partial charge in [0.2, 0.25) is 0 Å². The predicted octanol–water partition coefficient (Wildman–Crippen LogP) is 3.92. The molecule has 20 heavy (non-hydrogen) atoms. The fraction of sp³-hybridized carbons (Fsp3) is 0. The van der Waals surface area contributed by atoms with Gasteiger partial charge in [0.25, 0.3) is 0 Å². The van der Waals surface area contributed by atoms with Crippen molar-refractivity contribution in [2.75, 3.05) is 0 Å². The van der Waals surface area contributed by atoms with Gasteiger partial charge in [-0.15, -0.1) is 0 Å². The molecule has 4 heteroatoms. The second kappa shape index (κ2) is 4.13. The summed E-state index contributed by atoms with van der Waals surface area (Å²) in [5.74, 6) is -0.309. The first-order chi connectivity index (χ1) is 9.83. The lowest BCUT2D eigenvalue weighted by atomic mass is 10.0. The lowest BCUT2D eigenvalue weighted by molar-refractivity contribution is 0.637. The number of halogens is 1. The maximum Gasteiger partial charge on any atom is 0.150 e. The number of hydrogen-bond donors (Lipinski definition) is 1. The minimum absolute atomic E-state index is 0.309. The molecule has 0 spiro atoms. The highest BCUT2D eigenvalue weighted by Crippen LogP contribution is 2.30. The van der Waals surface area contributed by atoms with Crippen molar-refractivity contribution in [1.82, 2.24) is 15.0 Å². The van der Waals surface area contributed by atoms with E-state index in [1.54, 1.807) is 12.4 Å². The average Bonchev–Trinajstić information content (AvgIpc) is 2.91. The minimum atomic E-state index is -0.309. The number of aromatic nitrogens is 3. The molecule has 0 aliphatic rings. The summed E-state index contributed by atoms with van der Waals surface area (Å²) in [6.07, 6.45) is 5.18. The summed E-state index contributed by atoms with van der Waals surface area (Å²) >= 11 is 0. The van der Waals surface area contributed by atoms with Crippen molar-refractivity contribution < 1.29 is 4.39 Å². The van der Waals surface area contributed by atoms with E-state index in [9.17, 15) is 4.39 Å². The number of fused-ring (bicyclic) bond motifs is 2.